The van der Waals surface area contributed by atoms with Crippen molar-refractivity contribution in [3.05, 3.63) is 41.0 Å². The van der Waals surface area contributed by atoms with Crippen LogP contribution in [0.1, 0.15) is 23.5 Å². The Morgan fingerprint density at radius 1 is 1.37 bits per heavy atom. The normalized spacial score (nSPS) is 10.7. The lowest BCUT2D eigenvalue weighted by Crippen LogP contribution is -2.11. The van der Waals surface area contributed by atoms with Crippen LogP contribution in [0.3, 0.4) is 0 Å². The molecule has 19 heavy (non-hydrogen) atoms. The van der Waals surface area contributed by atoms with Gasteiger partial charge in [0.2, 0.25) is 0 Å². The zero-order chi connectivity index (χ0) is 14.0. The quantitative estimate of drug-likeness (QED) is 0.886. The van der Waals surface area contributed by atoms with Gasteiger partial charge in [-0.05, 0) is 37.6 Å². The highest BCUT2D eigenvalue weighted by Crippen LogP contribution is 2.35. The van der Waals surface area contributed by atoms with E-state index in [1.807, 2.05) is 13.8 Å². The van der Waals surface area contributed by atoms with Crippen molar-refractivity contribution in [2.24, 2.45) is 0 Å². The van der Waals surface area contributed by atoms with Gasteiger partial charge in [-0.3, -0.25) is 0 Å². The first-order valence-electron chi connectivity index (χ1n) is 5.87. The van der Waals surface area contributed by atoms with E-state index in [0.717, 1.165) is 16.2 Å². The van der Waals surface area contributed by atoms with Gasteiger partial charge in [-0.15, -0.1) is 11.3 Å². The molecule has 0 saturated heterocycles. The summed E-state index contributed by atoms with van der Waals surface area (Å²) >= 11 is 1.14. The molecule has 5 heteroatoms. The number of anilines is 1. The first-order valence-corrected chi connectivity index (χ1v) is 6.68. The molecule has 0 radical (unpaired) electrons. The minimum absolute atomic E-state index is 0.132. The summed E-state index contributed by atoms with van der Waals surface area (Å²) in [4.78, 5) is 12.2. The summed E-state index contributed by atoms with van der Waals surface area (Å²) in [5, 5.41) is 12.3. The minimum Gasteiger partial charge on any atom is -0.477 e. The van der Waals surface area contributed by atoms with E-state index in [2.05, 4.69) is 5.32 Å². The van der Waals surface area contributed by atoms with Crippen molar-refractivity contribution in [3.8, 4) is 10.4 Å². The number of benzene rings is 1. The van der Waals surface area contributed by atoms with Crippen molar-refractivity contribution >= 4 is 23.0 Å². The van der Waals surface area contributed by atoms with Crippen LogP contribution in [0.15, 0.2) is 30.3 Å². The van der Waals surface area contributed by atoms with Crippen molar-refractivity contribution in [2.45, 2.75) is 19.9 Å². The zero-order valence-electron chi connectivity index (χ0n) is 10.6. The zero-order valence-corrected chi connectivity index (χ0v) is 11.4. The van der Waals surface area contributed by atoms with Crippen molar-refractivity contribution in [2.75, 3.05) is 5.32 Å². The number of hydrogen-bond acceptors (Lipinski definition) is 3. The van der Waals surface area contributed by atoms with Gasteiger partial charge in [0, 0.05) is 10.9 Å². The molecule has 1 heterocycles. The van der Waals surface area contributed by atoms with Gasteiger partial charge in [0.1, 0.15) is 10.7 Å². The van der Waals surface area contributed by atoms with Gasteiger partial charge in [-0.1, -0.05) is 12.1 Å². The van der Waals surface area contributed by atoms with Crippen molar-refractivity contribution in [1.82, 2.24) is 0 Å². The maximum atomic E-state index is 13.2. The summed E-state index contributed by atoms with van der Waals surface area (Å²) < 4.78 is 13.2. The SMILES string of the molecule is CC(C)Nc1cc(-c2cccc(F)c2)sc1C(=O)O. The van der Waals surface area contributed by atoms with E-state index < -0.39 is 5.97 Å². The first kappa shape index (κ1) is 13.5. The van der Waals surface area contributed by atoms with E-state index in [-0.39, 0.29) is 16.7 Å². The maximum absolute atomic E-state index is 13.2. The number of rotatable bonds is 4. The molecule has 2 rings (SSSR count). The molecule has 0 saturated carbocycles. The number of halogens is 1. The monoisotopic (exact) mass is 279 g/mol. The topological polar surface area (TPSA) is 49.3 Å². The molecule has 0 aliphatic carbocycles. The van der Waals surface area contributed by atoms with Gasteiger partial charge in [-0.25, -0.2) is 9.18 Å². The fourth-order valence-corrected chi connectivity index (χ4v) is 2.71. The molecule has 1 aromatic carbocycles. The van der Waals surface area contributed by atoms with Crippen molar-refractivity contribution in [3.63, 3.8) is 0 Å². The second-order valence-corrected chi connectivity index (χ2v) is 5.52. The summed E-state index contributed by atoms with van der Waals surface area (Å²) in [7, 11) is 0. The number of carboxylic acids is 1. The Balaban J connectivity index is 2.45. The van der Waals surface area contributed by atoms with Crippen LogP contribution in [0.4, 0.5) is 10.1 Å². The Morgan fingerprint density at radius 3 is 2.68 bits per heavy atom. The highest BCUT2D eigenvalue weighted by atomic mass is 32.1. The molecule has 1 aromatic heterocycles. The van der Waals surface area contributed by atoms with Gasteiger partial charge < -0.3 is 10.4 Å². The van der Waals surface area contributed by atoms with Crippen molar-refractivity contribution in [1.29, 1.82) is 0 Å². The van der Waals surface area contributed by atoms with Gasteiger partial charge in [0.05, 0.1) is 5.69 Å². The summed E-state index contributed by atoms with van der Waals surface area (Å²) in [5.41, 5.74) is 1.26. The molecule has 0 amide bonds. The molecule has 0 fully saturated rings. The van der Waals surface area contributed by atoms with E-state index in [1.165, 1.54) is 12.1 Å². The van der Waals surface area contributed by atoms with Crippen LogP contribution in [-0.2, 0) is 0 Å². The molecule has 0 bridgehead atoms. The molecule has 2 N–H and O–H groups in total. The minimum atomic E-state index is -0.976. The molecule has 0 spiro atoms. The van der Waals surface area contributed by atoms with E-state index in [4.69, 9.17) is 0 Å². The van der Waals surface area contributed by atoms with Gasteiger partial charge >= 0.3 is 5.97 Å². The Kier molecular flexibility index (Phi) is 3.85. The van der Waals surface area contributed by atoms with Crippen LogP contribution >= 0.6 is 11.3 Å². The van der Waals surface area contributed by atoms with E-state index in [0.29, 0.717) is 11.3 Å². The van der Waals surface area contributed by atoms with E-state index in [9.17, 15) is 14.3 Å². The van der Waals surface area contributed by atoms with Gasteiger partial charge in [0.15, 0.2) is 0 Å². The number of carboxylic acid groups (broad SMARTS) is 1. The molecule has 0 atom stereocenters. The lowest BCUT2D eigenvalue weighted by atomic mass is 10.2. The van der Waals surface area contributed by atoms with Gasteiger partial charge in [-0.2, -0.15) is 0 Å². The summed E-state index contributed by atoms with van der Waals surface area (Å²) in [5.74, 6) is -1.31. The highest BCUT2D eigenvalue weighted by molar-refractivity contribution is 7.18. The fraction of sp³-hybridized carbons (Fsp3) is 0.214. The average molecular weight is 279 g/mol. The highest BCUT2D eigenvalue weighted by Gasteiger charge is 2.17. The lowest BCUT2D eigenvalue weighted by molar-refractivity contribution is 0.0703. The summed E-state index contributed by atoms with van der Waals surface area (Å²) in [6.45, 7) is 3.87. The lowest BCUT2D eigenvalue weighted by Gasteiger charge is -2.08. The smallest absolute Gasteiger partial charge is 0.348 e. The Morgan fingerprint density at radius 2 is 2.11 bits per heavy atom. The molecule has 3 nitrogen and oxygen atoms in total. The van der Waals surface area contributed by atoms with Crippen molar-refractivity contribution < 1.29 is 14.3 Å². The van der Waals surface area contributed by atoms with Crippen LogP contribution in [0, 0.1) is 5.82 Å². The molecule has 0 aliphatic rings. The van der Waals surface area contributed by atoms with E-state index >= 15 is 0 Å². The maximum Gasteiger partial charge on any atom is 0.348 e. The molecule has 2 aromatic rings. The Bertz CT molecular complexity index is 607. The fourth-order valence-electron chi connectivity index (χ4n) is 1.75. The molecular formula is C14H14FNO2S. The van der Waals surface area contributed by atoms with Crippen LogP contribution in [-0.4, -0.2) is 17.1 Å². The molecule has 0 unspecified atom stereocenters. The standard InChI is InChI=1S/C14H14FNO2S/c1-8(2)16-11-7-12(19-13(11)14(17)18)9-4-3-5-10(15)6-9/h3-8,16H,1-2H3,(H,17,18). The predicted molar refractivity (Wildman–Crippen MR) is 75.4 cm³/mol. The Hall–Kier alpha value is -1.88. The second-order valence-electron chi connectivity index (χ2n) is 4.47. The summed E-state index contributed by atoms with van der Waals surface area (Å²) in [6, 6.07) is 8.02. The number of thiophene rings is 1. The van der Waals surface area contributed by atoms with E-state index in [1.54, 1.807) is 18.2 Å². The molecule has 100 valence electrons. The average Bonchev–Trinajstić information content (AvgIpc) is 2.72. The number of nitrogens with one attached hydrogen (secondary N) is 1. The summed E-state index contributed by atoms with van der Waals surface area (Å²) in [6.07, 6.45) is 0. The van der Waals surface area contributed by atoms with Crippen LogP contribution < -0.4 is 5.32 Å². The van der Waals surface area contributed by atoms with Crippen LogP contribution in [0.25, 0.3) is 10.4 Å². The third-order valence-corrected chi connectivity index (χ3v) is 3.65. The molecule has 0 aliphatic heterocycles. The largest absolute Gasteiger partial charge is 0.477 e. The Labute approximate surface area is 114 Å². The first-order chi connectivity index (χ1) is 8.97. The van der Waals surface area contributed by atoms with Crippen LogP contribution in [0.5, 0.6) is 0 Å². The number of hydrogen-bond donors (Lipinski definition) is 2. The third kappa shape index (κ3) is 3.12. The number of aromatic carboxylic acids is 1. The van der Waals surface area contributed by atoms with Crippen LogP contribution in [0.2, 0.25) is 0 Å². The number of carbonyl (C=O) groups is 1. The third-order valence-electron chi connectivity index (χ3n) is 2.48. The second kappa shape index (κ2) is 5.40. The van der Waals surface area contributed by atoms with Gasteiger partial charge in [0.25, 0.3) is 0 Å². The predicted octanol–water partition coefficient (Wildman–Crippen LogP) is 4.07. The molecular weight excluding hydrogens is 265 g/mol.